The van der Waals surface area contributed by atoms with Crippen molar-refractivity contribution in [3.05, 3.63) is 61.3 Å². The van der Waals surface area contributed by atoms with Gasteiger partial charge in [-0.3, -0.25) is 0 Å². The van der Waals surface area contributed by atoms with Crippen molar-refractivity contribution in [1.29, 1.82) is 10.5 Å². The van der Waals surface area contributed by atoms with Gasteiger partial charge in [-0.1, -0.05) is 5.73 Å². The van der Waals surface area contributed by atoms with E-state index in [1.807, 2.05) is 12.1 Å². The van der Waals surface area contributed by atoms with Crippen LogP contribution >= 0.6 is 22.6 Å². The Kier molecular flexibility index (Phi) is 3.60. The predicted molar refractivity (Wildman–Crippen MR) is 82.6 cm³/mol. The predicted octanol–water partition coefficient (Wildman–Crippen LogP) is 3.09. The van der Waals surface area contributed by atoms with Crippen LogP contribution in [0, 0.1) is 22.7 Å². The summed E-state index contributed by atoms with van der Waals surface area (Å²) in [6.45, 7) is 0. The zero-order valence-corrected chi connectivity index (χ0v) is 13.4. The first-order valence-electron chi connectivity index (χ1n) is 6.24. The Morgan fingerprint density at radius 3 is 2.35 bits per heavy atom. The third kappa shape index (κ3) is 2.37. The van der Waals surface area contributed by atoms with Crippen LogP contribution in [0.1, 0.15) is 11.1 Å². The lowest BCUT2D eigenvalue weighted by Gasteiger charge is -2.38. The number of aliphatic hydroxyl groups excluding tert-OH is 1. The van der Waals surface area contributed by atoms with Crippen molar-refractivity contribution >= 4 is 22.6 Å². The van der Waals surface area contributed by atoms with Gasteiger partial charge >= 0.3 is 5.92 Å². The quantitative estimate of drug-likeness (QED) is 0.587. The molecule has 4 nitrogen and oxygen atoms in total. The van der Waals surface area contributed by atoms with E-state index >= 15 is 0 Å². The second-order valence-corrected chi connectivity index (χ2v) is 5.86. The number of fused-ring (bicyclic) bond motifs is 1. The maximum atomic E-state index is 13.4. The number of ether oxygens (including phenoxy) is 1. The van der Waals surface area contributed by atoms with Crippen molar-refractivity contribution in [2.75, 3.05) is 0 Å². The van der Waals surface area contributed by atoms with E-state index in [1.165, 1.54) is 18.2 Å². The fraction of sp³-hybridized carbons (Fsp3) is 0.125. The van der Waals surface area contributed by atoms with Crippen LogP contribution in [0.5, 0.6) is 5.75 Å². The van der Waals surface area contributed by atoms with Crippen LogP contribution in [-0.2, 0) is 0 Å². The Hall–Kier alpha value is -2.41. The minimum Gasteiger partial charge on any atom is -0.447 e. The molecule has 1 unspecified atom stereocenters. The Morgan fingerprint density at radius 1 is 1.17 bits per heavy atom. The molecule has 1 atom stereocenters. The number of alkyl halides is 2. The molecule has 0 aliphatic heterocycles. The zero-order chi connectivity index (χ0) is 16.8. The SMILES string of the molecule is N#Cc1cc(C#N)cc(OC2=C=C=C3C(=C2I)C(O)C3(F)F)c1. The summed E-state index contributed by atoms with van der Waals surface area (Å²) in [5, 5.41) is 27.4. The second kappa shape index (κ2) is 5.34. The number of allylic oxidation sites excluding steroid dienone is 1. The highest BCUT2D eigenvalue weighted by molar-refractivity contribution is 14.1. The maximum absolute atomic E-state index is 13.4. The maximum Gasteiger partial charge on any atom is 0.310 e. The van der Waals surface area contributed by atoms with Gasteiger partial charge in [0.2, 0.25) is 0 Å². The average Bonchev–Trinajstić information content (AvgIpc) is 2.55. The summed E-state index contributed by atoms with van der Waals surface area (Å²) in [7, 11) is 0. The Balaban J connectivity index is 2.03. The number of rotatable bonds is 2. The van der Waals surface area contributed by atoms with Gasteiger partial charge in [0, 0.05) is 5.57 Å². The monoisotopic (exact) mass is 422 g/mol. The molecule has 1 fully saturated rings. The molecular formula is C16H5F2IN2O2. The zero-order valence-electron chi connectivity index (χ0n) is 11.2. The molecule has 0 amide bonds. The third-order valence-electron chi connectivity index (χ3n) is 3.34. The van der Waals surface area contributed by atoms with Crippen molar-refractivity contribution in [3.8, 4) is 17.9 Å². The van der Waals surface area contributed by atoms with Crippen LogP contribution in [0.25, 0.3) is 0 Å². The summed E-state index contributed by atoms with van der Waals surface area (Å²) >= 11 is 1.78. The standard InChI is InChI=1S/C16H5F2IN2O2/c17-16(18)11-1-2-12(14(19)13(11)15(16)22)23-10-4-8(6-20)3-9(5-10)7-21/h3-5,15,22H. The molecular weight excluding hydrogens is 417 g/mol. The van der Waals surface area contributed by atoms with Crippen LogP contribution in [0.15, 0.2) is 50.1 Å². The fourth-order valence-electron chi connectivity index (χ4n) is 2.21. The number of aliphatic hydroxyl groups is 1. The summed E-state index contributed by atoms with van der Waals surface area (Å²) in [4.78, 5) is 0. The van der Waals surface area contributed by atoms with Gasteiger partial charge in [0.25, 0.3) is 0 Å². The summed E-state index contributed by atoms with van der Waals surface area (Å²) in [5.41, 5.74) is 4.90. The molecule has 0 aromatic heterocycles. The lowest BCUT2D eigenvalue weighted by molar-refractivity contribution is -0.0915. The number of halogens is 3. The minimum atomic E-state index is -3.33. The van der Waals surface area contributed by atoms with Crippen LogP contribution in [0.3, 0.4) is 0 Å². The molecule has 1 aromatic rings. The van der Waals surface area contributed by atoms with Gasteiger partial charge < -0.3 is 9.84 Å². The van der Waals surface area contributed by atoms with E-state index in [1.54, 1.807) is 22.6 Å². The number of nitrogens with zero attached hydrogens (tertiary/aromatic N) is 2. The van der Waals surface area contributed by atoms with E-state index in [-0.39, 0.29) is 31.8 Å². The lowest BCUT2D eigenvalue weighted by Crippen LogP contribution is -2.49. The number of hydrogen-bond acceptors (Lipinski definition) is 4. The normalized spacial score (nSPS) is 20.5. The van der Waals surface area contributed by atoms with Gasteiger partial charge in [-0.2, -0.15) is 19.3 Å². The molecule has 1 N–H and O–H groups in total. The Morgan fingerprint density at radius 2 is 1.78 bits per heavy atom. The number of hydrogen-bond donors (Lipinski definition) is 1. The topological polar surface area (TPSA) is 77.0 Å². The van der Waals surface area contributed by atoms with Gasteiger partial charge in [0.05, 0.1) is 32.4 Å². The van der Waals surface area contributed by atoms with Gasteiger partial charge in [-0.25, -0.2) is 0 Å². The highest BCUT2D eigenvalue weighted by Gasteiger charge is 2.59. The van der Waals surface area contributed by atoms with E-state index in [0.717, 1.165) is 0 Å². The highest BCUT2D eigenvalue weighted by Crippen LogP contribution is 2.51. The average molecular weight is 422 g/mol. The lowest BCUT2D eigenvalue weighted by atomic mass is 9.77. The van der Waals surface area contributed by atoms with E-state index in [4.69, 9.17) is 15.3 Å². The van der Waals surface area contributed by atoms with Crippen molar-refractivity contribution < 1.29 is 18.6 Å². The highest BCUT2D eigenvalue weighted by atomic mass is 127. The van der Waals surface area contributed by atoms with Crippen molar-refractivity contribution in [3.63, 3.8) is 0 Å². The van der Waals surface area contributed by atoms with E-state index in [2.05, 4.69) is 11.5 Å². The number of nitriles is 2. The molecule has 1 aromatic carbocycles. The van der Waals surface area contributed by atoms with E-state index in [9.17, 15) is 13.9 Å². The molecule has 23 heavy (non-hydrogen) atoms. The Labute approximate surface area is 143 Å². The molecule has 2 aliphatic carbocycles. The molecule has 0 radical (unpaired) electrons. The van der Waals surface area contributed by atoms with E-state index in [0.29, 0.717) is 0 Å². The minimum absolute atomic E-state index is 0.0568. The molecule has 0 saturated heterocycles. The largest absolute Gasteiger partial charge is 0.447 e. The van der Waals surface area contributed by atoms with Crippen molar-refractivity contribution in [2.24, 2.45) is 0 Å². The molecule has 7 heteroatoms. The summed E-state index contributed by atoms with van der Waals surface area (Å²) in [6.07, 6.45) is -1.90. The first-order valence-corrected chi connectivity index (χ1v) is 7.32. The molecule has 2 aliphatic rings. The molecule has 3 rings (SSSR count). The molecule has 112 valence electrons. The Bertz CT molecular complexity index is 921. The van der Waals surface area contributed by atoms with E-state index < -0.39 is 17.6 Å². The second-order valence-electron chi connectivity index (χ2n) is 4.78. The van der Waals surface area contributed by atoms with Gasteiger partial charge in [-0.05, 0) is 46.5 Å². The molecule has 0 spiro atoms. The van der Waals surface area contributed by atoms with Gasteiger partial charge in [-0.15, -0.1) is 0 Å². The van der Waals surface area contributed by atoms with Crippen molar-refractivity contribution in [1.82, 2.24) is 0 Å². The van der Waals surface area contributed by atoms with Crippen molar-refractivity contribution in [2.45, 2.75) is 12.0 Å². The van der Waals surface area contributed by atoms with Crippen LogP contribution in [-0.4, -0.2) is 17.1 Å². The first kappa shape index (κ1) is 15.5. The molecule has 1 saturated carbocycles. The van der Waals surface area contributed by atoms with Gasteiger partial charge in [0.1, 0.15) is 11.9 Å². The smallest absolute Gasteiger partial charge is 0.310 e. The molecule has 0 bridgehead atoms. The summed E-state index contributed by atoms with van der Waals surface area (Å²) in [6, 6.07) is 8.03. The number of benzene rings is 1. The van der Waals surface area contributed by atoms with Crippen LogP contribution in [0.2, 0.25) is 0 Å². The van der Waals surface area contributed by atoms with Crippen LogP contribution in [0.4, 0.5) is 8.78 Å². The molecule has 0 heterocycles. The first-order chi connectivity index (χ1) is 10.9. The summed E-state index contributed by atoms with van der Waals surface area (Å²) in [5.74, 6) is -3.04. The fourth-order valence-corrected chi connectivity index (χ4v) is 3.02. The van der Waals surface area contributed by atoms with Crippen LogP contribution < -0.4 is 4.74 Å². The van der Waals surface area contributed by atoms with Gasteiger partial charge in [0.15, 0.2) is 5.76 Å². The third-order valence-corrected chi connectivity index (χ3v) is 4.41. The summed E-state index contributed by atoms with van der Waals surface area (Å²) < 4.78 is 32.7.